The molecule has 1 aliphatic heterocycles. The molecule has 9 heteroatoms. The number of nitrogens with zero attached hydrogens (tertiary/aromatic N) is 2. The molecule has 1 aliphatic carbocycles. The van der Waals surface area contributed by atoms with Gasteiger partial charge in [0, 0.05) is 31.4 Å². The molecule has 1 N–H and O–H groups in total. The van der Waals surface area contributed by atoms with Crippen molar-refractivity contribution in [1.82, 2.24) is 14.8 Å². The SMILES string of the molecule is CC1n2cc(C(=O)NCc3ccc(F)cc3F)c(=O)c(OCc3ccccc3)c2C(=O)N(C)C12CC2. The molecule has 1 saturated carbocycles. The van der Waals surface area contributed by atoms with Gasteiger partial charge in [-0.25, -0.2) is 8.78 Å². The number of halogens is 2. The van der Waals surface area contributed by atoms with Gasteiger partial charge in [0.2, 0.25) is 5.43 Å². The fourth-order valence-electron chi connectivity index (χ4n) is 4.87. The Morgan fingerprint density at radius 2 is 1.86 bits per heavy atom. The molecule has 3 aromatic rings. The lowest BCUT2D eigenvalue weighted by Gasteiger charge is -2.41. The van der Waals surface area contributed by atoms with E-state index in [1.54, 1.807) is 16.5 Å². The molecule has 1 unspecified atom stereocenters. The van der Waals surface area contributed by atoms with Crippen molar-refractivity contribution in [3.8, 4) is 5.75 Å². The summed E-state index contributed by atoms with van der Waals surface area (Å²) in [5.74, 6) is -2.81. The summed E-state index contributed by atoms with van der Waals surface area (Å²) in [6.07, 6.45) is 3.01. The Bertz CT molecular complexity index is 1420. The van der Waals surface area contributed by atoms with E-state index in [2.05, 4.69) is 5.32 Å². The summed E-state index contributed by atoms with van der Waals surface area (Å²) in [5.41, 5.74) is -0.351. The number of rotatable bonds is 6. The summed E-state index contributed by atoms with van der Waals surface area (Å²) in [6.45, 7) is 1.74. The first-order chi connectivity index (χ1) is 17.2. The van der Waals surface area contributed by atoms with Crippen molar-refractivity contribution in [3.63, 3.8) is 0 Å². The average Bonchev–Trinajstić information content (AvgIpc) is 3.67. The third kappa shape index (κ3) is 3.94. The molecule has 0 bridgehead atoms. The van der Waals surface area contributed by atoms with Crippen LogP contribution in [0.5, 0.6) is 5.75 Å². The molecule has 7 nitrogen and oxygen atoms in total. The minimum Gasteiger partial charge on any atom is -0.483 e. The summed E-state index contributed by atoms with van der Waals surface area (Å²) in [4.78, 5) is 41.6. The van der Waals surface area contributed by atoms with Gasteiger partial charge < -0.3 is 19.5 Å². The van der Waals surface area contributed by atoms with Gasteiger partial charge in [-0.2, -0.15) is 0 Å². The highest BCUT2D eigenvalue weighted by Gasteiger charge is 2.57. The van der Waals surface area contributed by atoms with Gasteiger partial charge in [-0.1, -0.05) is 36.4 Å². The van der Waals surface area contributed by atoms with E-state index in [-0.39, 0.29) is 53.2 Å². The fraction of sp³-hybridized carbons (Fsp3) is 0.296. The molecule has 2 heterocycles. The first-order valence-electron chi connectivity index (χ1n) is 11.7. The second kappa shape index (κ2) is 8.89. The van der Waals surface area contributed by atoms with Gasteiger partial charge in [0.15, 0.2) is 11.4 Å². The zero-order chi connectivity index (χ0) is 25.6. The summed E-state index contributed by atoms with van der Waals surface area (Å²) >= 11 is 0. The van der Waals surface area contributed by atoms with Crippen molar-refractivity contribution in [2.45, 2.75) is 44.5 Å². The van der Waals surface area contributed by atoms with Gasteiger partial charge in [-0.15, -0.1) is 0 Å². The third-order valence-electron chi connectivity index (χ3n) is 7.25. The van der Waals surface area contributed by atoms with E-state index < -0.39 is 23.0 Å². The zero-order valence-corrected chi connectivity index (χ0v) is 19.9. The van der Waals surface area contributed by atoms with E-state index in [1.807, 2.05) is 37.3 Å². The topological polar surface area (TPSA) is 80.6 Å². The number of pyridine rings is 1. The van der Waals surface area contributed by atoms with E-state index in [1.165, 1.54) is 12.3 Å². The summed E-state index contributed by atoms with van der Waals surface area (Å²) in [5, 5.41) is 2.53. The Kier molecular flexibility index (Phi) is 5.86. The van der Waals surface area contributed by atoms with Crippen LogP contribution in [-0.2, 0) is 13.2 Å². The van der Waals surface area contributed by atoms with Crippen molar-refractivity contribution in [1.29, 1.82) is 0 Å². The van der Waals surface area contributed by atoms with Crippen LogP contribution in [0.3, 0.4) is 0 Å². The highest BCUT2D eigenvalue weighted by Crippen LogP contribution is 2.53. The molecule has 2 aliphatic rings. The van der Waals surface area contributed by atoms with E-state index >= 15 is 0 Å². The number of amides is 2. The smallest absolute Gasteiger partial charge is 0.274 e. The van der Waals surface area contributed by atoms with E-state index in [9.17, 15) is 23.2 Å². The van der Waals surface area contributed by atoms with Crippen LogP contribution in [0.2, 0.25) is 0 Å². The predicted molar refractivity (Wildman–Crippen MR) is 128 cm³/mol. The van der Waals surface area contributed by atoms with Gasteiger partial charge in [-0.05, 0) is 31.4 Å². The van der Waals surface area contributed by atoms with E-state index in [0.717, 1.165) is 30.5 Å². The third-order valence-corrected chi connectivity index (χ3v) is 7.25. The Morgan fingerprint density at radius 3 is 2.53 bits per heavy atom. The first-order valence-corrected chi connectivity index (χ1v) is 11.7. The molecule has 36 heavy (non-hydrogen) atoms. The van der Waals surface area contributed by atoms with Crippen LogP contribution in [0.25, 0.3) is 0 Å². The maximum absolute atomic E-state index is 14.0. The summed E-state index contributed by atoms with van der Waals surface area (Å²) < 4.78 is 34.8. The largest absolute Gasteiger partial charge is 0.483 e. The van der Waals surface area contributed by atoms with Gasteiger partial charge in [0.1, 0.15) is 23.8 Å². The Hall–Kier alpha value is -4.01. The quantitative estimate of drug-likeness (QED) is 0.566. The molecule has 2 amide bonds. The molecule has 186 valence electrons. The number of nitrogens with one attached hydrogen (secondary N) is 1. The molecule has 1 aromatic heterocycles. The number of likely N-dealkylation sites (N-methyl/N-ethyl adjacent to an activating group) is 1. The Morgan fingerprint density at radius 1 is 1.14 bits per heavy atom. The van der Waals surface area contributed by atoms with Crippen LogP contribution >= 0.6 is 0 Å². The molecule has 1 fully saturated rings. The van der Waals surface area contributed by atoms with Gasteiger partial charge >= 0.3 is 0 Å². The standard InChI is InChI=1S/C27H25F2N3O4/c1-16-27(10-11-27)31(2)26(35)22-24(36-15-17-6-4-3-5-7-17)23(33)20(14-32(16)22)25(34)30-13-18-8-9-19(28)12-21(18)29/h3-9,12,14,16H,10-11,13,15H2,1-2H3,(H,30,34). The number of ether oxygens (including phenoxy) is 1. The van der Waals surface area contributed by atoms with Crippen LogP contribution in [0, 0.1) is 11.6 Å². The number of carbonyl (C=O) groups is 2. The van der Waals surface area contributed by atoms with Crippen LogP contribution in [0.15, 0.2) is 59.5 Å². The van der Waals surface area contributed by atoms with Crippen LogP contribution in [-0.4, -0.2) is 33.9 Å². The van der Waals surface area contributed by atoms with Gasteiger partial charge in [0.25, 0.3) is 11.8 Å². The minimum atomic E-state index is -0.803. The Labute approximate surface area is 206 Å². The van der Waals surface area contributed by atoms with Crippen molar-refractivity contribution in [2.24, 2.45) is 0 Å². The van der Waals surface area contributed by atoms with Crippen molar-refractivity contribution in [2.75, 3.05) is 7.05 Å². The predicted octanol–water partition coefficient (Wildman–Crippen LogP) is 3.81. The van der Waals surface area contributed by atoms with Crippen molar-refractivity contribution in [3.05, 3.63) is 99.0 Å². The first kappa shape index (κ1) is 23.7. The fourth-order valence-corrected chi connectivity index (χ4v) is 4.87. The highest BCUT2D eigenvalue weighted by molar-refractivity contribution is 5.99. The number of hydrogen-bond acceptors (Lipinski definition) is 4. The number of hydrogen-bond donors (Lipinski definition) is 1. The lowest BCUT2D eigenvalue weighted by Crippen LogP contribution is -2.51. The molecule has 2 aromatic carbocycles. The molecule has 0 radical (unpaired) electrons. The minimum absolute atomic E-state index is 0.0332. The lowest BCUT2D eigenvalue weighted by atomic mass is 9.99. The van der Waals surface area contributed by atoms with Crippen LogP contribution in [0.1, 0.15) is 57.8 Å². The lowest BCUT2D eigenvalue weighted by molar-refractivity contribution is 0.0546. The maximum Gasteiger partial charge on any atom is 0.274 e. The highest BCUT2D eigenvalue weighted by atomic mass is 19.1. The second-order valence-corrected chi connectivity index (χ2v) is 9.29. The number of benzene rings is 2. The van der Waals surface area contributed by atoms with E-state index in [4.69, 9.17) is 4.74 Å². The molecular formula is C27H25F2N3O4. The van der Waals surface area contributed by atoms with Crippen LogP contribution < -0.4 is 15.5 Å². The zero-order valence-electron chi connectivity index (χ0n) is 19.9. The monoisotopic (exact) mass is 493 g/mol. The summed E-state index contributed by atoms with van der Waals surface area (Å²) in [6, 6.07) is 12.0. The molecule has 1 spiro atoms. The molecule has 5 rings (SSSR count). The second-order valence-electron chi connectivity index (χ2n) is 9.29. The van der Waals surface area contributed by atoms with E-state index in [0.29, 0.717) is 0 Å². The number of carbonyl (C=O) groups excluding carboxylic acids is 2. The van der Waals surface area contributed by atoms with Crippen molar-refractivity contribution < 1.29 is 23.1 Å². The number of fused-ring (bicyclic) bond motifs is 1. The maximum atomic E-state index is 14.0. The Balaban J connectivity index is 1.53. The summed E-state index contributed by atoms with van der Waals surface area (Å²) in [7, 11) is 1.72. The number of aromatic nitrogens is 1. The van der Waals surface area contributed by atoms with Crippen LogP contribution in [0.4, 0.5) is 8.78 Å². The van der Waals surface area contributed by atoms with Gasteiger partial charge in [-0.3, -0.25) is 14.4 Å². The van der Waals surface area contributed by atoms with Gasteiger partial charge in [0.05, 0.1) is 11.6 Å². The molecule has 1 atom stereocenters. The average molecular weight is 494 g/mol. The normalized spacial score (nSPS) is 17.6. The molecule has 0 saturated heterocycles. The molecular weight excluding hydrogens is 468 g/mol. The van der Waals surface area contributed by atoms with Crippen molar-refractivity contribution >= 4 is 11.8 Å².